The zero-order chi connectivity index (χ0) is 28.3. The Morgan fingerprint density at radius 2 is 1.72 bits per heavy atom. The first-order valence-corrected chi connectivity index (χ1v) is 13.1. The van der Waals surface area contributed by atoms with Crippen molar-refractivity contribution in [3.63, 3.8) is 0 Å². The molecular formula is C30H32B2F3NO3. The van der Waals surface area contributed by atoms with Gasteiger partial charge in [-0.2, -0.15) is 13.2 Å². The Kier molecular flexibility index (Phi) is 8.60. The van der Waals surface area contributed by atoms with E-state index in [2.05, 4.69) is 0 Å². The fraction of sp³-hybridized carbons (Fsp3) is 0.300. The number of ether oxygens (including phenoxy) is 1. The first kappa shape index (κ1) is 28.6. The minimum Gasteiger partial charge on any atom is -0.496 e. The molecule has 3 aromatic carbocycles. The third-order valence-corrected chi connectivity index (χ3v) is 7.79. The Balaban J connectivity index is 1.81. The van der Waals surface area contributed by atoms with E-state index in [1.54, 1.807) is 12.7 Å². The molecular weight excluding hydrogens is 501 g/mol. The number of hydrogen-bond acceptors (Lipinski definition) is 3. The minimum absolute atomic E-state index is 0.0542. The lowest BCUT2D eigenvalue weighted by atomic mass is 9.71. The number of hydrogen-bond donors (Lipinski definition) is 1. The summed E-state index contributed by atoms with van der Waals surface area (Å²) >= 11 is 0. The van der Waals surface area contributed by atoms with Crippen molar-refractivity contribution in [3.8, 4) is 16.9 Å². The Labute approximate surface area is 229 Å². The van der Waals surface area contributed by atoms with Gasteiger partial charge in [0.25, 0.3) is 0 Å². The van der Waals surface area contributed by atoms with Gasteiger partial charge >= 0.3 is 12.1 Å². The Hall–Kier alpha value is -3.45. The maximum atomic E-state index is 14.5. The van der Waals surface area contributed by atoms with Crippen LogP contribution in [0.4, 0.5) is 13.2 Å². The number of halogens is 3. The molecule has 0 bridgehead atoms. The highest BCUT2D eigenvalue weighted by molar-refractivity contribution is 6.60. The fourth-order valence-electron chi connectivity index (χ4n) is 5.54. The topological polar surface area (TPSA) is 49.8 Å². The van der Waals surface area contributed by atoms with Crippen LogP contribution in [-0.4, -0.2) is 51.4 Å². The van der Waals surface area contributed by atoms with Crippen LogP contribution in [0.1, 0.15) is 47.1 Å². The molecule has 1 aliphatic heterocycles. The van der Waals surface area contributed by atoms with E-state index in [9.17, 15) is 23.1 Å². The predicted molar refractivity (Wildman–Crippen MR) is 154 cm³/mol. The van der Waals surface area contributed by atoms with Gasteiger partial charge in [-0.15, -0.1) is 0 Å². The summed E-state index contributed by atoms with van der Waals surface area (Å²) in [6, 6.07) is 17.6. The number of aliphatic carboxylic acids is 1. The summed E-state index contributed by atoms with van der Waals surface area (Å²) in [7, 11) is 4.98. The number of benzene rings is 3. The van der Waals surface area contributed by atoms with E-state index in [1.807, 2.05) is 63.3 Å². The van der Waals surface area contributed by atoms with Crippen molar-refractivity contribution in [1.82, 2.24) is 4.90 Å². The second-order valence-corrected chi connectivity index (χ2v) is 10.1. The van der Waals surface area contributed by atoms with Gasteiger partial charge in [0, 0.05) is 12.1 Å². The van der Waals surface area contributed by atoms with Gasteiger partial charge in [-0.3, -0.25) is 9.69 Å². The van der Waals surface area contributed by atoms with Gasteiger partial charge in [-0.25, -0.2) is 0 Å². The highest BCUT2D eigenvalue weighted by Crippen LogP contribution is 2.41. The maximum absolute atomic E-state index is 14.5. The molecule has 39 heavy (non-hydrogen) atoms. The normalized spacial score (nSPS) is 17.0. The molecule has 0 amide bonds. The van der Waals surface area contributed by atoms with Crippen molar-refractivity contribution in [1.29, 1.82) is 0 Å². The molecule has 4 rings (SSSR count). The molecule has 9 heteroatoms. The van der Waals surface area contributed by atoms with Crippen LogP contribution in [0.15, 0.2) is 60.7 Å². The van der Waals surface area contributed by atoms with Gasteiger partial charge in [0.1, 0.15) is 27.5 Å². The summed E-state index contributed by atoms with van der Waals surface area (Å²) in [5.74, 6) is -0.640. The van der Waals surface area contributed by atoms with Crippen molar-refractivity contribution >= 4 is 32.6 Å². The Morgan fingerprint density at radius 1 is 1.03 bits per heavy atom. The third-order valence-electron chi connectivity index (χ3n) is 7.79. The quantitative estimate of drug-likeness (QED) is 0.335. The molecule has 0 spiro atoms. The number of nitrogens with zero attached hydrogens (tertiary/aromatic N) is 1. The lowest BCUT2D eigenvalue weighted by Gasteiger charge is -2.33. The van der Waals surface area contributed by atoms with Crippen molar-refractivity contribution in [3.05, 3.63) is 88.5 Å². The molecule has 3 aromatic rings. The molecule has 4 nitrogen and oxygen atoms in total. The summed E-state index contributed by atoms with van der Waals surface area (Å²) in [4.78, 5) is 13.5. The molecule has 1 saturated heterocycles. The lowest BCUT2D eigenvalue weighted by molar-refractivity contribution is -0.145. The number of carboxylic acid groups (broad SMARTS) is 1. The van der Waals surface area contributed by atoms with E-state index in [-0.39, 0.29) is 12.1 Å². The highest BCUT2D eigenvalue weighted by Gasteiger charge is 2.36. The number of likely N-dealkylation sites (tertiary alicyclic amines) is 1. The number of methoxy groups -OCH3 is 1. The van der Waals surface area contributed by atoms with Crippen LogP contribution in [0.3, 0.4) is 0 Å². The summed E-state index contributed by atoms with van der Waals surface area (Å²) < 4.78 is 49.0. The first-order valence-electron chi connectivity index (χ1n) is 13.1. The number of carbonyl (C=O) groups is 1. The zero-order valence-corrected chi connectivity index (χ0v) is 22.7. The van der Waals surface area contributed by atoms with Crippen molar-refractivity contribution in [2.24, 2.45) is 0 Å². The number of carboxylic acids is 1. The molecule has 0 aromatic heterocycles. The van der Waals surface area contributed by atoms with Crippen molar-refractivity contribution in [2.75, 3.05) is 13.7 Å². The number of piperidine rings is 1. The first-order chi connectivity index (χ1) is 18.5. The van der Waals surface area contributed by atoms with E-state index >= 15 is 0 Å². The van der Waals surface area contributed by atoms with Gasteiger partial charge in [-0.05, 0) is 66.3 Å². The van der Waals surface area contributed by atoms with Crippen LogP contribution >= 0.6 is 0 Å². The van der Waals surface area contributed by atoms with E-state index in [4.69, 9.17) is 4.74 Å². The van der Waals surface area contributed by atoms with Crippen LogP contribution < -0.4 is 4.74 Å². The third kappa shape index (κ3) is 6.09. The highest BCUT2D eigenvalue weighted by atomic mass is 19.4. The van der Waals surface area contributed by atoms with Crippen molar-refractivity contribution in [2.45, 2.75) is 44.9 Å². The van der Waals surface area contributed by atoms with Gasteiger partial charge in [0.15, 0.2) is 0 Å². The molecule has 0 saturated carbocycles. The fourth-order valence-corrected chi connectivity index (χ4v) is 5.54. The van der Waals surface area contributed by atoms with Crippen LogP contribution in [-0.2, 0) is 17.5 Å². The van der Waals surface area contributed by atoms with Gasteiger partial charge in [0.05, 0.1) is 12.7 Å². The summed E-state index contributed by atoms with van der Waals surface area (Å²) in [5, 5.41) is 9.64. The Bertz CT molecular complexity index is 1390. The molecule has 1 atom stereocenters. The molecule has 202 valence electrons. The monoisotopic (exact) mass is 533 g/mol. The Morgan fingerprint density at radius 3 is 2.36 bits per heavy atom. The van der Waals surface area contributed by atoms with E-state index < -0.39 is 23.8 Å². The smallest absolute Gasteiger partial charge is 0.416 e. The summed E-state index contributed by atoms with van der Waals surface area (Å²) in [6.07, 6.45) is -2.54. The second-order valence-electron chi connectivity index (χ2n) is 10.1. The molecule has 0 radical (unpaired) electrons. The van der Waals surface area contributed by atoms with Crippen LogP contribution in [0.2, 0.25) is 0 Å². The number of alkyl halides is 3. The maximum Gasteiger partial charge on any atom is 0.416 e. The summed E-state index contributed by atoms with van der Waals surface area (Å²) in [5.41, 5.74) is 4.81. The van der Waals surface area contributed by atoms with Crippen LogP contribution in [0.25, 0.3) is 22.1 Å². The standard InChI is InChI=1S/C30H32B2F3NO3/c1-18-21(19-9-4-3-5-10-19)11-8-12-22(18)27(31)28(32)23-16-26(39-2)20(15-24(23)30(33,34)35)17-36-14-7-6-13-25(36)29(37)38/h3-5,8-12,15-16,25H,6-7,13-14,17,31-32H2,1-2H3,(H,37,38)/b28-27+/t25-/m0/s1. The van der Waals surface area contributed by atoms with Gasteiger partial charge in [-0.1, -0.05) is 65.9 Å². The van der Waals surface area contributed by atoms with Crippen molar-refractivity contribution < 1.29 is 27.8 Å². The second kappa shape index (κ2) is 11.7. The van der Waals surface area contributed by atoms with Gasteiger partial charge in [0.2, 0.25) is 0 Å². The van der Waals surface area contributed by atoms with E-state index in [0.29, 0.717) is 29.8 Å². The predicted octanol–water partition coefficient (Wildman–Crippen LogP) is 5.22. The lowest BCUT2D eigenvalue weighted by Crippen LogP contribution is -2.44. The molecule has 0 unspecified atom stereocenters. The summed E-state index contributed by atoms with van der Waals surface area (Å²) in [6.45, 7) is 2.57. The minimum atomic E-state index is -4.60. The number of rotatable bonds is 7. The molecule has 1 fully saturated rings. The largest absolute Gasteiger partial charge is 0.496 e. The molecule has 1 heterocycles. The van der Waals surface area contributed by atoms with Crippen LogP contribution in [0.5, 0.6) is 5.75 Å². The molecule has 0 aliphatic carbocycles. The van der Waals surface area contributed by atoms with Crippen LogP contribution in [0, 0.1) is 6.92 Å². The molecule has 1 aliphatic rings. The van der Waals surface area contributed by atoms with Gasteiger partial charge < -0.3 is 9.84 Å². The van der Waals surface area contributed by atoms with E-state index in [0.717, 1.165) is 46.6 Å². The SMILES string of the molecule is B/C(=C(/B)c1cccc(-c2ccccc2)c1C)c1cc(OC)c(CN2CCCC[C@H]2C(=O)O)cc1C(F)(F)F. The van der Waals surface area contributed by atoms with E-state index in [1.165, 1.54) is 13.2 Å². The average Bonchev–Trinajstić information content (AvgIpc) is 2.92. The molecule has 1 N–H and O–H groups in total. The zero-order valence-electron chi connectivity index (χ0n) is 22.7. The average molecular weight is 533 g/mol.